The van der Waals surface area contributed by atoms with Crippen LogP contribution in [0.1, 0.15) is 25.0 Å². The molecule has 2 heteroatoms. The van der Waals surface area contributed by atoms with E-state index >= 15 is 0 Å². The van der Waals surface area contributed by atoms with Gasteiger partial charge in [0.25, 0.3) is 0 Å². The van der Waals surface area contributed by atoms with Gasteiger partial charge < -0.3 is 0 Å². The summed E-state index contributed by atoms with van der Waals surface area (Å²) in [5, 5.41) is 7.28. The average Bonchev–Trinajstić information content (AvgIpc) is 3.50. The van der Waals surface area contributed by atoms with Crippen LogP contribution in [0.5, 0.6) is 0 Å². The second-order valence-corrected chi connectivity index (χ2v) is 15.7. The maximum Gasteiger partial charge on any atom is 0.160 e. The molecule has 0 aliphatic heterocycles. The van der Waals surface area contributed by atoms with Gasteiger partial charge in [0.1, 0.15) is 0 Å². The number of fused-ring (bicyclic) bond motifs is 6. The fourth-order valence-electron chi connectivity index (χ4n) is 9.22. The molecular formula is C55H38N2. The lowest BCUT2D eigenvalue weighted by molar-refractivity contribution is 0.661. The summed E-state index contributed by atoms with van der Waals surface area (Å²) in [5.41, 5.74) is 15.2. The number of hydrogen-bond acceptors (Lipinski definition) is 2. The van der Waals surface area contributed by atoms with E-state index in [1.165, 1.54) is 71.3 Å². The van der Waals surface area contributed by atoms with Crippen LogP contribution in [0.15, 0.2) is 194 Å². The second kappa shape index (κ2) is 13.0. The Morgan fingerprint density at radius 2 is 0.807 bits per heavy atom. The van der Waals surface area contributed by atoms with Gasteiger partial charge in [-0.2, -0.15) is 0 Å². The number of hydrogen-bond donors (Lipinski definition) is 0. The molecule has 10 aromatic rings. The first kappa shape index (κ1) is 33.2. The minimum absolute atomic E-state index is 0.104. The molecule has 1 aliphatic carbocycles. The van der Waals surface area contributed by atoms with Crippen molar-refractivity contribution in [2.75, 3.05) is 0 Å². The fraction of sp³-hybridized carbons (Fsp3) is 0.0545. The first-order chi connectivity index (χ1) is 28.0. The van der Waals surface area contributed by atoms with E-state index in [4.69, 9.17) is 9.97 Å². The van der Waals surface area contributed by atoms with Crippen LogP contribution in [0.4, 0.5) is 0 Å². The summed E-state index contributed by atoms with van der Waals surface area (Å²) >= 11 is 0. The van der Waals surface area contributed by atoms with Crippen LogP contribution >= 0.6 is 0 Å². The Bertz CT molecular complexity index is 3100. The molecule has 0 fully saturated rings. The van der Waals surface area contributed by atoms with Crippen molar-refractivity contribution in [3.05, 3.63) is 205 Å². The van der Waals surface area contributed by atoms with Crippen molar-refractivity contribution in [2.45, 2.75) is 19.3 Å². The summed E-state index contributed by atoms with van der Waals surface area (Å²) in [7, 11) is 0. The zero-order chi connectivity index (χ0) is 38.1. The average molecular weight is 727 g/mol. The second-order valence-electron chi connectivity index (χ2n) is 15.7. The van der Waals surface area contributed by atoms with E-state index in [2.05, 4.69) is 208 Å². The van der Waals surface area contributed by atoms with Gasteiger partial charge in [0.15, 0.2) is 5.82 Å². The van der Waals surface area contributed by atoms with E-state index < -0.39 is 0 Å². The van der Waals surface area contributed by atoms with E-state index in [9.17, 15) is 0 Å². The van der Waals surface area contributed by atoms with Crippen molar-refractivity contribution in [1.29, 1.82) is 0 Å². The molecule has 0 N–H and O–H groups in total. The lowest BCUT2D eigenvalue weighted by Gasteiger charge is -2.22. The molecule has 0 atom stereocenters. The van der Waals surface area contributed by atoms with Gasteiger partial charge in [-0.25, -0.2) is 9.97 Å². The number of aromatic nitrogens is 2. The zero-order valence-corrected chi connectivity index (χ0v) is 31.9. The predicted molar refractivity (Wildman–Crippen MR) is 239 cm³/mol. The molecule has 0 spiro atoms. The molecule has 11 rings (SSSR count). The van der Waals surface area contributed by atoms with Crippen LogP contribution in [0.2, 0.25) is 0 Å². The lowest BCUT2D eigenvalue weighted by Crippen LogP contribution is -2.14. The Morgan fingerprint density at radius 1 is 0.333 bits per heavy atom. The molecule has 0 unspecified atom stereocenters. The first-order valence-corrected chi connectivity index (χ1v) is 19.7. The zero-order valence-electron chi connectivity index (χ0n) is 31.9. The summed E-state index contributed by atoms with van der Waals surface area (Å²) < 4.78 is 0. The predicted octanol–water partition coefficient (Wildman–Crippen LogP) is 14.6. The third-order valence-electron chi connectivity index (χ3n) is 12.1. The third kappa shape index (κ3) is 5.40. The van der Waals surface area contributed by atoms with Gasteiger partial charge in [-0.3, -0.25) is 0 Å². The van der Waals surface area contributed by atoms with Crippen molar-refractivity contribution >= 4 is 32.3 Å². The lowest BCUT2D eigenvalue weighted by atomic mass is 9.81. The molecule has 57 heavy (non-hydrogen) atoms. The normalized spacial score (nSPS) is 12.9. The third-order valence-corrected chi connectivity index (χ3v) is 12.1. The largest absolute Gasteiger partial charge is 0.228 e. The highest BCUT2D eigenvalue weighted by Crippen LogP contribution is 2.54. The topological polar surface area (TPSA) is 25.8 Å². The van der Waals surface area contributed by atoms with E-state index in [0.29, 0.717) is 5.82 Å². The van der Waals surface area contributed by atoms with Crippen molar-refractivity contribution < 1.29 is 0 Å². The molecule has 2 nitrogen and oxygen atoms in total. The molecule has 1 aliphatic rings. The van der Waals surface area contributed by atoms with Crippen LogP contribution in [-0.4, -0.2) is 9.97 Å². The van der Waals surface area contributed by atoms with Crippen molar-refractivity contribution in [2.24, 2.45) is 0 Å². The van der Waals surface area contributed by atoms with Crippen molar-refractivity contribution in [1.82, 2.24) is 9.97 Å². The Balaban J connectivity index is 1.05. The van der Waals surface area contributed by atoms with Gasteiger partial charge in [0, 0.05) is 22.1 Å². The molecular weight excluding hydrogens is 689 g/mol. The molecule has 1 heterocycles. The van der Waals surface area contributed by atoms with E-state index in [-0.39, 0.29) is 5.41 Å². The molecule has 0 saturated heterocycles. The van der Waals surface area contributed by atoms with E-state index in [1.54, 1.807) is 0 Å². The number of rotatable bonds is 5. The van der Waals surface area contributed by atoms with Gasteiger partial charge in [-0.1, -0.05) is 190 Å². The van der Waals surface area contributed by atoms with Gasteiger partial charge >= 0.3 is 0 Å². The van der Waals surface area contributed by atoms with Crippen LogP contribution in [-0.2, 0) is 5.41 Å². The van der Waals surface area contributed by atoms with Crippen LogP contribution < -0.4 is 0 Å². The minimum Gasteiger partial charge on any atom is -0.228 e. The quantitative estimate of drug-likeness (QED) is 0.176. The molecule has 9 aromatic carbocycles. The Morgan fingerprint density at radius 3 is 1.46 bits per heavy atom. The van der Waals surface area contributed by atoms with Gasteiger partial charge in [0.05, 0.1) is 11.4 Å². The van der Waals surface area contributed by atoms with E-state index in [0.717, 1.165) is 33.6 Å². The van der Waals surface area contributed by atoms with Gasteiger partial charge in [-0.15, -0.1) is 0 Å². The van der Waals surface area contributed by atoms with Gasteiger partial charge in [0.2, 0.25) is 0 Å². The molecule has 0 radical (unpaired) electrons. The molecule has 0 amide bonds. The molecule has 0 saturated carbocycles. The minimum atomic E-state index is -0.104. The Hall–Kier alpha value is -7.16. The summed E-state index contributed by atoms with van der Waals surface area (Å²) in [6.07, 6.45) is 0. The van der Waals surface area contributed by atoms with Crippen LogP contribution in [0, 0.1) is 0 Å². The molecule has 0 bridgehead atoms. The summed E-state index contributed by atoms with van der Waals surface area (Å²) in [5.74, 6) is 0.704. The highest BCUT2D eigenvalue weighted by atomic mass is 14.9. The molecule has 1 aromatic heterocycles. The van der Waals surface area contributed by atoms with Crippen LogP contribution in [0.3, 0.4) is 0 Å². The summed E-state index contributed by atoms with van der Waals surface area (Å²) in [4.78, 5) is 10.6. The smallest absolute Gasteiger partial charge is 0.160 e. The SMILES string of the molecule is CC1(C)c2cc3ccccc3cc2-c2c(-c3ccccc3-c3ccc(-c4nc(-c5cccc6ccccc56)cc(-c5cccc6ccccc56)n4)cc3)cccc21. The van der Waals surface area contributed by atoms with E-state index in [1.807, 2.05) is 0 Å². The van der Waals surface area contributed by atoms with Crippen LogP contribution in [0.25, 0.3) is 99.6 Å². The standard InChI is InChI=1S/C55H38N2/c1-55(2)49-27-13-26-47(53(49)48-32-39-16-3-4-17-40(39)33-50(48)55)44-23-10-9-20-41(44)37-28-30-38(31-29-37)54-56-51(45-24-11-18-35-14-5-7-21-42(35)45)34-52(57-54)46-25-12-19-36-15-6-8-22-43(36)46/h3-34H,1-2H3. The molecule has 268 valence electrons. The highest BCUT2D eigenvalue weighted by molar-refractivity contribution is 6.02. The monoisotopic (exact) mass is 726 g/mol. The number of benzene rings is 9. The van der Waals surface area contributed by atoms with Crippen molar-refractivity contribution in [3.63, 3.8) is 0 Å². The number of nitrogens with zero attached hydrogens (tertiary/aromatic N) is 2. The van der Waals surface area contributed by atoms with Gasteiger partial charge in [-0.05, 0) is 95.0 Å². The summed E-state index contributed by atoms with van der Waals surface area (Å²) in [6, 6.07) is 70.1. The van der Waals surface area contributed by atoms with Crippen molar-refractivity contribution in [3.8, 4) is 67.3 Å². The summed E-state index contributed by atoms with van der Waals surface area (Å²) in [6.45, 7) is 4.73. The Labute approximate surface area is 332 Å². The maximum atomic E-state index is 5.28. The highest BCUT2D eigenvalue weighted by Gasteiger charge is 2.37. The first-order valence-electron chi connectivity index (χ1n) is 19.7. The fourth-order valence-corrected chi connectivity index (χ4v) is 9.22. The maximum absolute atomic E-state index is 5.28. The Kier molecular flexibility index (Phi) is 7.55.